The van der Waals surface area contributed by atoms with E-state index in [1.807, 2.05) is 5.43 Å². The van der Waals surface area contributed by atoms with Crippen LogP contribution in [0.4, 0.5) is 19.2 Å². The first-order chi connectivity index (χ1) is 17.6. The maximum absolute atomic E-state index is 13.6. The molecule has 0 saturated heterocycles. The molecule has 13 nitrogen and oxygen atoms in total. The van der Waals surface area contributed by atoms with Crippen LogP contribution in [0.3, 0.4) is 0 Å². The number of halogens is 1. The van der Waals surface area contributed by atoms with E-state index < -0.39 is 60.4 Å². The van der Waals surface area contributed by atoms with E-state index in [2.05, 4.69) is 5.10 Å². The van der Waals surface area contributed by atoms with Crippen LogP contribution in [0.1, 0.15) is 65.7 Å². The van der Waals surface area contributed by atoms with Gasteiger partial charge in [-0.3, -0.25) is 4.79 Å². The largest absolute Gasteiger partial charge is 0.446 e. The molecular weight excluding hydrogens is 524 g/mol. The second-order valence-corrected chi connectivity index (χ2v) is 9.19. The standard InChI is InChI=1S/C24H33ClN4O9/c1-13(2)35-21(31)27-26-20(19(30)17-9-11-18(25)12-10-17)28(22(32)36-14(3)4)29(23(33)37-15(5)6)24(34)38-16(7)8/h9-16H,1-8H3,(H,27,31)/b26-20+. The fourth-order valence-corrected chi connectivity index (χ4v) is 2.65. The number of hydrazine groups is 1. The lowest BCUT2D eigenvalue weighted by Crippen LogP contribution is -2.59. The highest BCUT2D eigenvalue weighted by atomic mass is 35.5. The molecule has 1 rings (SSSR count). The number of Topliss-reactive ketones (excluding diaryl/α,β-unsaturated/α-hetero) is 1. The number of carbonyl (C=O) groups is 5. The third kappa shape index (κ3) is 10.2. The normalized spacial score (nSPS) is 11.3. The molecule has 0 aliphatic carbocycles. The van der Waals surface area contributed by atoms with Crippen molar-refractivity contribution in [1.29, 1.82) is 0 Å². The van der Waals surface area contributed by atoms with Crippen molar-refractivity contribution in [3.05, 3.63) is 34.9 Å². The minimum Gasteiger partial charge on any atom is -0.446 e. The Balaban J connectivity index is 3.84. The van der Waals surface area contributed by atoms with Crippen LogP contribution in [0, 0.1) is 0 Å². The van der Waals surface area contributed by atoms with E-state index in [-0.39, 0.29) is 15.6 Å². The highest BCUT2D eigenvalue weighted by Gasteiger charge is 2.43. The van der Waals surface area contributed by atoms with Gasteiger partial charge in [-0.1, -0.05) is 11.6 Å². The molecule has 0 saturated carbocycles. The number of ketones is 1. The van der Waals surface area contributed by atoms with Gasteiger partial charge in [-0.05, 0) is 79.7 Å². The molecular formula is C24H33ClN4O9. The van der Waals surface area contributed by atoms with E-state index in [4.69, 9.17) is 30.5 Å². The van der Waals surface area contributed by atoms with Gasteiger partial charge in [0.2, 0.25) is 11.6 Å². The summed E-state index contributed by atoms with van der Waals surface area (Å²) in [4.78, 5) is 65.1. The first-order valence-electron chi connectivity index (χ1n) is 11.7. The van der Waals surface area contributed by atoms with Gasteiger partial charge in [0.25, 0.3) is 0 Å². The molecule has 4 amide bonds. The molecule has 0 unspecified atom stereocenters. The first-order valence-corrected chi connectivity index (χ1v) is 12.1. The SMILES string of the molecule is CC(C)OC(=O)N/N=C(\C(=O)c1ccc(Cl)cc1)N(C(=O)OC(C)C)N(C(=O)OC(C)C)C(=O)OC(C)C. The highest BCUT2D eigenvalue weighted by Crippen LogP contribution is 2.17. The van der Waals surface area contributed by atoms with Crippen molar-refractivity contribution in [2.75, 3.05) is 0 Å². The molecule has 1 aromatic rings. The summed E-state index contributed by atoms with van der Waals surface area (Å²) in [6, 6.07) is 5.40. The van der Waals surface area contributed by atoms with Gasteiger partial charge in [-0.15, -0.1) is 15.1 Å². The summed E-state index contributed by atoms with van der Waals surface area (Å²) in [6.07, 6.45) is -8.03. The molecule has 0 heterocycles. The molecule has 0 spiro atoms. The summed E-state index contributed by atoms with van der Waals surface area (Å²) in [7, 11) is 0. The van der Waals surface area contributed by atoms with Gasteiger partial charge >= 0.3 is 24.4 Å². The predicted octanol–water partition coefficient (Wildman–Crippen LogP) is 5.12. The molecule has 0 aliphatic heterocycles. The molecule has 38 heavy (non-hydrogen) atoms. The number of amidine groups is 1. The summed E-state index contributed by atoms with van der Waals surface area (Å²) in [6.45, 7) is 12.1. The molecule has 210 valence electrons. The second-order valence-electron chi connectivity index (χ2n) is 8.76. The molecule has 0 fully saturated rings. The number of hydrogen-bond acceptors (Lipinski definition) is 10. The number of benzene rings is 1. The van der Waals surface area contributed by atoms with E-state index in [0.717, 1.165) is 0 Å². The van der Waals surface area contributed by atoms with E-state index in [0.29, 0.717) is 5.02 Å². The lowest BCUT2D eigenvalue weighted by Gasteiger charge is -2.32. The molecule has 0 aliphatic rings. The number of rotatable bonds is 7. The Morgan fingerprint density at radius 3 is 1.47 bits per heavy atom. The van der Waals surface area contributed by atoms with Crippen LogP contribution in [0.25, 0.3) is 0 Å². The number of hydrogen-bond donors (Lipinski definition) is 1. The number of hydrazone groups is 1. The minimum atomic E-state index is -1.38. The Morgan fingerprint density at radius 1 is 0.684 bits per heavy atom. The summed E-state index contributed by atoms with van der Waals surface area (Å²) >= 11 is 5.92. The lowest BCUT2D eigenvalue weighted by atomic mass is 10.1. The van der Waals surface area contributed by atoms with E-state index in [1.54, 1.807) is 13.8 Å². The van der Waals surface area contributed by atoms with Crippen LogP contribution in [0.2, 0.25) is 5.02 Å². The predicted molar refractivity (Wildman–Crippen MR) is 136 cm³/mol. The second kappa shape index (κ2) is 14.8. The number of nitrogens with one attached hydrogen (secondary N) is 1. The Kier molecular flexibility index (Phi) is 12.5. The highest BCUT2D eigenvalue weighted by molar-refractivity contribution is 6.47. The van der Waals surface area contributed by atoms with Crippen LogP contribution >= 0.6 is 11.6 Å². The van der Waals surface area contributed by atoms with Crippen molar-refractivity contribution in [3.63, 3.8) is 0 Å². The maximum Gasteiger partial charge on any atom is 0.439 e. The van der Waals surface area contributed by atoms with Gasteiger partial charge in [0, 0.05) is 10.6 Å². The van der Waals surface area contributed by atoms with Gasteiger partial charge in [-0.25, -0.2) is 24.6 Å². The van der Waals surface area contributed by atoms with Gasteiger partial charge < -0.3 is 18.9 Å². The minimum absolute atomic E-state index is 0.0658. The molecule has 1 aromatic carbocycles. The van der Waals surface area contributed by atoms with Gasteiger partial charge in [0.05, 0.1) is 24.4 Å². The Hall–Kier alpha value is -3.87. The summed E-state index contributed by atoms with van der Waals surface area (Å²) < 4.78 is 20.4. The van der Waals surface area contributed by atoms with Crippen LogP contribution in [-0.2, 0) is 18.9 Å². The van der Waals surface area contributed by atoms with Crippen LogP contribution in [0.5, 0.6) is 0 Å². The summed E-state index contributed by atoms with van der Waals surface area (Å²) in [5, 5.41) is 4.37. The molecule has 0 atom stereocenters. The number of nitrogens with zero attached hydrogens (tertiary/aromatic N) is 3. The number of amides is 4. The molecule has 14 heteroatoms. The summed E-state index contributed by atoms with van der Waals surface area (Å²) in [5.41, 5.74) is 1.91. The third-order valence-corrected chi connectivity index (χ3v) is 4.09. The van der Waals surface area contributed by atoms with Gasteiger partial charge in [0.1, 0.15) is 0 Å². The Morgan fingerprint density at radius 2 is 1.08 bits per heavy atom. The van der Waals surface area contributed by atoms with Gasteiger partial charge in [0.15, 0.2) is 0 Å². The van der Waals surface area contributed by atoms with Crippen molar-refractivity contribution >= 4 is 47.6 Å². The molecule has 1 N–H and O–H groups in total. The van der Waals surface area contributed by atoms with E-state index >= 15 is 0 Å². The monoisotopic (exact) mass is 556 g/mol. The molecule has 0 radical (unpaired) electrons. The van der Waals surface area contributed by atoms with Crippen LogP contribution in [0.15, 0.2) is 29.4 Å². The van der Waals surface area contributed by atoms with Crippen molar-refractivity contribution < 1.29 is 42.9 Å². The smallest absolute Gasteiger partial charge is 0.439 e. The zero-order chi connectivity index (χ0) is 29.2. The maximum atomic E-state index is 13.6. The number of imide groups is 1. The van der Waals surface area contributed by atoms with E-state index in [1.165, 1.54) is 65.8 Å². The van der Waals surface area contributed by atoms with Crippen LogP contribution in [-0.4, -0.2) is 70.4 Å². The topological polar surface area (TPSA) is 153 Å². The summed E-state index contributed by atoms with van der Waals surface area (Å²) in [5.74, 6) is -1.92. The molecule has 0 aromatic heterocycles. The average molecular weight is 557 g/mol. The first kappa shape index (κ1) is 32.2. The fourth-order valence-electron chi connectivity index (χ4n) is 2.52. The molecule has 0 bridgehead atoms. The van der Waals surface area contributed by atoms with Crippen molar-refractivity contribution in [2.24, 2.45) is 5.10 Å². The number of ether oxygens (including phenoxy) is 4. The van der Waals surface area contributed by atoms with Crippen molar-refractivity contribution in [3.8, 4) is 0 Å². The Bertz CT molecular complexity index is 1020. The average Bonchev–Trinajstić information content (AvgIpc) is 2.76. The van der Waals surface area contributed by atoms with Crippen molar-refractivity contribution in [1.82, 2.24) is 15.4 Å². The van der Waals surface area contributed by atoms with Gasteiger partial charge in [-0.2, -0.15) is 0 Å². The number of carbonyl (C=O) groups excluding carboxylic acids is 5. The quantitative estimate of drug-likeness (QED) is 0.158. The van der Waals surface area contributed by atoms with E-state index in [9.17, 15) is 24.0 Å². The zero-order valence-corrected chi connectivity index (χ0v) is 23.3. The zero-order valence-electron chi connectivity index (χ0n) is 22.5. The Labute approximate surface area is 225 Å². The fraction of sp³-hybridized carbons (Fsp3) is 0.500. The van der Waals surface area contributed by atoms with Crippen LogP contribution < -0.4 is 5.43 Å². The third-order valence-electron chi connectivity index (χ3n) is 3.83. The van der Waals surface area contributed by atoms with Crippen molar-refractivity contribution in [2.45, 2.75) is 79.8 Å². The lowest BCUT2D eigenvalue weighted by molar-refractivity contribution is -0.0110.